The van der Waals surface area contributed by atoms with Crippen LogP contribution in [0.15, 0.2) is 29.2 Å². The molecule has 1 fully saturated rings. The van der Waals surface area contributed by atoms with Gasteiger partial charge >= 0.3 is 0 Å². The summed E-state index contributed by atoms with van der Waals surface area (Å²) < 4.78 is 25.8. The maximum Gasteiger partial charge on any atom is 0.240 e. The molecule has 2 rings (SSSR count). The zero-order valence-electron chi connectivity index (χ0n) is 15.2. The molecule has 1 saturated heterocycles. The van der Waals surface area contributed by atoms with Gasteiger partial charge in [-0.2, -0.15) is 0 Å². The van der Waals surface area contributed by atoms with Crippen molar-refractivity contribution in [2.24, 2.45) is 11.8 Å². The summed E-state index contributed by atoms with van der Waals surface area (Å²) in [6.45, 7) is 6.11. The van der Waals surface area contributed by atoms with Crippen molar-refractivity contribution in [3.8, 4) is 0 Å². The van der Waals surface area contributed by atoms with Crippen molar-refractivity contribution < 1.29 is 13.2 Å². The zero-order valence-corrected chi connectivity index (χ0v) is 16.0. The average molecular weight is 368 g/mol. The highest BCUT2D eigenvalue weighted by molar-refractivity contribution is 7.89. The molecule has 0 bridgehead atoms. The summed E-state index contributed by atoms with van der Waals surface area (Å²) >= 11 is 0. The highest BCUT2D eigenvalue weighted by atomic mass is 32.2. The lowest BCUT2D eigenvalue weighted by Crippen LogP contribution is -2.36. The van der Waals surface area contributed by atoms with Crippen molar-refractivity contribution in [1.82, 2.24) is 15.4 Å². The van der Waals surface area contributed by atoms with Gasteiger partial charge in [-0.1, -0.05) is 19.1 Å². The minimum absolute atomic E-state index is 0.0393. The number of carbonyl (C=O) groups is 1. The lowest BCUT2D eigenvalue weighted by Gasteiger charge is -2.28. The van der Waals surface area contributed by atoms with Crippen molar-refractivity contribution in [3.05, 3.63) is 29.8 Å². The first-order chi connectivity index (χ1) is 11.8. The van der Waals surface area contributed by atoms with Gasteiger partial charge in [-0.3, -0.25) is 4.79 Å². The number of hydrogen-bond acceptors (Lipinski definition) is 4. The fourth-order valence-electron chi connectivity index (χ4n) is 3.26. The Labute approximate surface area is 150 Å². The first kappa shape index (κ1) is 19.9. The van der Waals surface area contributed by atoms with E-state index in [1.54, 1.807) is 24.3 Å². The predicted octanol–water partition coefficient (Wildman–Crippen LogP) is 1.80. The average Bonchev–Trinajstić information content (AvgIpc) is 2.62. The van der Waals surface area contributed by atoms with E-state index in [4.69, 9.17) is 0 Å². The minimum Gasteiger partial charge on any atom is -0.350 e. The summed E-state index contributed by atoms with van der Waals surface area (Å²) in [5.41, 5.74) is 0.885. The summed E-state index contributed by atoms with van der Waals surface area (Å²) in [4.78, 5) is 12.5. The fraction of sp³-hybridized carbons (Fsp3) is 0.611. The number of piperidine rings is 1. The van der Waals surface area contributed by atoms with Crippen LogP contribution in [0.5, 0.6) is 0 Å². The third-order valence-corrected chi connectivity index (χ3v) is 6.41. The van der Waals surface area contributed by atoms with Gasteiger partial charge in [0.15, 0.2) is 0 Å². The Balaban J connectivity index is 1.90. The second kappa shape index (κ2) is 8.78. The van der Waals surface area contributed by atoms with Crippen LogP contribution in [0.4, 0.5) is 0 Å². The first-order valence-corrected chi connectivity index (χ1v) is 10.4. The fourth-order valence-corrected chi connectivity index (χ4v) is 3.99. The second-order valence-corrected chi connectivity index (χ2v) is 8.74. The Morgan fingerprint density at radius 3 is 2.52 bits per heavy atom. The van der Waals surface area contributed by atoms with Crippen molar-refractivity contribution in [2.45, 2.75) is 44.0 Å². The van der Waals surface area contributed by atoms with Crippen molar-refractivity contribution in [1.29, 1.82) is 0 Å². The van der Waals surface area contributed by atoms with Crippen LogP contribution in [0.25, 0.3) is 0 Å². The molecule has 140 valence electrons. The lowest BCUT2D eigenvalue weighted by atomic mass is 9.85. The number of hydrogen-bond donors (Lipinski definition) is 3. The molecule has 1 aliphatic rings. The molecular weight excluding hydrogens is 338 g/mol. The Morgan fingerprint density at radius 2 is 1.96 bits per heavy atom. The van der Waals surface area contributed by atoms with Gasteiger partial charge in [-0.15, -0.1) is 0 Å². The van der Waals surface area contributed by atoms with Crippen LogP contribution in [0.3, 0.4) is 0 Å². The summed E-state index contributed by atoms with van der Waals surface area (Å²) in [5.74, 6) is 0.946. The van der Waals surface area contributed by atoms with E-state index in [0.29, 0.717) is 18.3 Å². The maximum atomic E-state index is 12.3. The van der Waals surface area contributed by atoms with Crippen LogP contribution in [-0.2, 0) is 14.8 Å². The minimum atomic E-state index is -3.44. The van der Waals surface area contributed by atoms with Crippen molar-refractivity contribution in [3.63, 3.8) is 0 Å². The Kier molecular flexibility index (Phi) is 6.98. The molecule has 0 radical (unpaired) electrons. The molecule has 6 nitrogen and oxygen atoms in total. The first-order valence-electron chi connectivity index (χ1n) is 8.87. The SMILES string of the molecule is CNS(=O)(=O)c1ccc(C(C)NC(=O)CC(C)C2CCCNC2)cc1. The summed E-state index contributed by atoms with van der Waals surface area (Å²) in [6.07, 6.45) is 2.87. The summed E-state index contributed by atoms with van der Waals surface area (Å²) in [7, 11) is -2.05. The van der Waals surface area contributed by atoms with Gasteiger partial charge in [-0.05, 0) is 69.4 Å². The molecule has 7 heteroatoms. The van der Waals surface area contributed by atoms with Crippen LogP contribution in [-0.4, -0.2) is 34.5 Å². The molecule has 1 amide bonds. The van der Waals surface area contributed by atoms with Gasteiger partial charge in [0.05, 0.1) is 10.9 Å². The third-order valence-electron chi connectivity index (χ3n) is 4.98. The van der Waals surface area contributed by atoms with Gasteiger partial charge in [0.1, 0.15) is 0 Å². The third kappa shape index (κ3) is 5.52. The van der Waals surface area contributed by atoms with Crippen LogP contribution < -0.4 is 15.4 Å². The Morgan fingerprint density at radius 1 is 1.28 bits per heavy atom. The molecular formula is C18H29N3O3S. The van der Waals surface area contributed by atoms with Gasteiger partial charge in [0, 0.05) is 6.42 Å². The second-order valence-electron chi connectivity index (χ2n) is 6.85. The highest BCUT2D eigenvalue weighted by Crippen LogP contribution is 2.23. The smallest absolute Gasteiger partial charge is 0.240 e. The van der Waals surface area contributed by atoms with Crippen molar-refractivity contribution in [2.75, 3.05) is 20.1 Å². The van der Waals surface area contributed by atoms with Gasteiger partial charge in [0.25, 0.3) is 0 Å². The summed E-state index contributed by atoms with van der Waals surface area (Å²) in [6, 6.07) is 6.43. The molecule has 25 heavy (non-hydrogen) atoms. The van der Waals surface area contributed by atoms with E-state index >= 15 is 0 Å². The standard InChI is InChI=1S/C18H29N3O3S/c1-13(16-5-4-10-20-12-16)11-18(22)21-14(2)15-6-8-17(9-7-15)25(23,24)19-3/h6-9,13-14,16,19-20H,4-5,10-12H2,1-3H3,(H,21,22). The van der Waals surface area contributed by atoms with E-state index in [-0.39, 0.29) is 16.8 Å². The number of nitrogens with one attached hydrogen (secondary N) is 3. The Hall–Kier alpha value is -1.44. The van der Waals surface area contributed by atoms with Gasteiger partial charge in [-0.25, -0.2) is 13.1 Å². The van der Waals surface area contributed by atoms with E-state index in [2.05, 4.69) is 22.3 Å². The monoisotopic (exact) mass is 367 g/mol. The zero-order chi connectivity index (χ0) is 18.4. The quantitative estimate of drug-likeness (QED) is 0.686. The van der Waals surface area contributed by atoms with E-state index in [1.807, 2.05) is 6.92 Å². The van der Waals surface area contributed by atoms with Crippen molar-refractivity contribution >= 4 is 15.9 Å². The number of sulfonamides is 1. The molecule has 1 aromatic rings. The largest absolute Gasteiger partial charge is 0.350 e. The molecule has 1 aromatic carbocycles. The molecule has 0 saturated carbocycles. The molecule has 3 N–H and O–H groups in total. The van der Waals surface area contributed by atoms with E-state index in [9.17, 15) is 13.2 Å². The van der Waals surface area contributed by atoms with Crippen LogP contribution >= 0.6 is 0 Å². The number of amides is 1. The van der Waals surface area contributed by atoms with Crippen LogP contribution in [0.2, 0.25) is 0 Å². The van der Waals surface area contributed by atoms with Crippen LogP contribution in [0, 0.1) is 11.8 Å². The number of rotatable bonds is 7. The van der Waals surface area contributed by atoms with Crippen LogP contribution in [0.1, 0.15) is 44.7 Å². The molecule has 0 aromatic heterocycles. The number of carbonyl (C=O) groups excluding carboxylic acids is 1. The lowest BCUT2D eigenvalue weighted by molar-refractivity contribution is -0.123. The van der Waals surface area contributed by atoms with E-state index in [0.717, 1.165) is 18.7 Å². The molecule has 0 spiro atoms. The topological polar surface area (TPSA) is 87.3 Å². The molecule has 0 aliphatic carbocycles. The maximum absolute atomic E-state index is 12.3. The molecule has 3 unspecified atom stereocenters. The van der Waals surface area contributed by atoms with Gasteiger partial charge in [0.2, 0.25) is 15.9 Å². The molecule has 1 aliphatic heterocycles. The molecule has 1 heterocycles. The number of benzene rings is 1. The van der Waals surface area contributed by atoms with E-state index in [1.165, 1.54) is 19.9 Å². The predicted molar refractivity (Wildman–Crippen MR) is 98.6 cm³/mol. The van der Waals surface area contributed by atoms with Gasteiger partial charge < -0.3 is 10.6 Å². The Bertz CT molecular complexity index is 667. The normalized spacial score (nSPS) is 20.7. The molecule has 3 atom stereocenters. The van der Waals surface area contributed by atoms with E-state index < -0.39 is 10.0 Å². The summed E-state index contributed by atoms with van der Waals surface area (Å²) in [5, 5.41) is 6.41. The highest BCUT2D eigenvalue weighted by Gasteiger charge is 2.22.